The lowest BCUT2D eigenvalue weighted by Crippen LogP contribution is -2.74. The molecule has 0 unspecified atom stereocenters. The average Bonchev–Trinajstić information content (AvgIpc) is 3.39. The van der Waals surface area contributed by atoms with Crippen LogP contribution in [0.25, 0.3) is 0 Å². The standard InChI is InChI=1S/C18H25N9O10S2/c1-18(2,14(30)31)37-25-10(8-6-38-16(21)23-8)12(28)24-11-9(27(13(11)29)39(33,34)35)5-26-4-7(36-17(26)32)3-22-15(19)20/h6-7,9,11H,3-5H2,1-2H3,(H2,21,23)(H,24,28)(H,30,31)(H4,19,20,22)(H,33,34,35)/t7-,9+,11+/m1/s1. The normalized spacial score (nSPS) is 21.7. The van der Waals surface area contributed by atoms with Gasteiger partial charge < -0.3 is 41.7 Å². The number of oxime groups is 1. The highest BCUT2D eigenvalue weighted by Gasteiger charge is 2.55. The van der Waals surface area contributed by atoms with Crippen LogP contribution in [-0.4, -0.2) is 111 Å². The lowest BCUT2D eigenvalue weighted by molar-refractivity contribution is -0.161. The van der Waals surface area contributed by atoms with E-state index in [4.69, 9.17) is 26.5 Å². The number of β-lactam (4-membered cyclic amide) rings is 1. The third-order valence-electron chi connectivity index (χ3n) is 5.44. The van der Waals surface area contributed by atoms with Crippen LogP contribution in [-0.2, 0) is 34.3 Å². The third kappa shape index (κ3) is 6.61. The van der Waals surface area contributed by atoms with Crippen LogP contribution in [0.15, 0.2) is 10.5 Å². The van der Waals surface area contributed by atoms with Crippen molar-refractivity contribution in [3.8, 4) is 0 Å². The van der Waals surface area contributed by atoms with Crippen LogP contribution in [0, 0.1) is 5.41 Å². The van der Waals surface area contributed by atoms with Crippen molar-refractivity contribution < 1.29 is 46.8 Å². The molecule has 3 amide bonds. The number of hydrogen-bond donors (Lipinski definition) is 7. The Bertz CT molecular complexity index is 1330. The molecule has 0 radical (unpaired) electrons. The zero-order valence-electron chi connectivity index (χ0n) is 20.4. The van der Waals surface area contributed by atoms with E-state index in [2.05, 4.69) is 20.8 Å². The summed E-state index contributed by atoms with van der Waals surface area (Å²) in [5.41, 5.74) is 8.24. The SMILES string of the molecule is CC(C)(ON=C(C(=O)N[C@@H]1C(=O)N(S(=O)(=O)O)[C@H]1CN1C[C@@H](CNC(=N)N)OC1=O)c1csc(N)n1)C(=O)O. The Morgan fingerprint density at radius 1 is 1.41 bits per heavy atom. The highest BCUT2D eigenvalue weighted by molar-refractivity contribution is 7.84. The topological polar surface area (TPSA) is 293 Å². The molecular formula is C18H25N9O10S2. The molecule has 3 atom stereocenters. The van der Waals surface area contributed by atoms with E-state index in [1.165, 1.54) is 5.38 Å². The second kappa shape index (κ2) is 10.9. The van der Waals surface area contributed by atoms with Crippen molar-refractivity contribution in [2.24, 2.45) is 10.9 Å². The number of nitrogen functional groups attached to an aromatic ring is 1. The molecule has 3 rings (SSSR count). The highest BCUT2D eigenvalue weighted by atomic mass is 32.2. The molecule has 2 aliphatic rings. The number of aromatic nitrogens is 1. The van der Waals surface area contributed by atoms with E-state index in [1.54, 1.807) is 0 Å². The van der Waals surface area contributed by atoms with Crippen LogP contribution in [0.2, 0.25) is 0 Å². The number of rotatable bonds is 11. The number of guanidine groups is 1. The van der Waals surface area contributed by atoms with Crippen LogP contribution in [0.4, 0.5) is 9.93 Å². The second-order valence-corrected chi connectivity index (χ2v) is 10.9. The molecule has 0 aliphatic carbocycles. The van der Waals surface area contributed by atoms with Crippen molar-refractivity contribution >= 4 is 62.3 Å². The monoisotopic (exact) mass is 591 g/mol. The minimum absolute atomic E-state index is 0.0212. The zero-order chi connectivity index (χ0) is 29.3. The summed E-state index contributed by atoms with van der Waals surface area (Å²) in [6.07, 6.45) is -1.65. The molecule has 214 valence electrons. The smallest absolute Gasteiger partial charge is 0.410 e. The summed E-state index contributed by atoms with van der Waals surface area (Å²) < 4.78 is 38.4. The summed E-state index contributed by atoms with van der Waals surface area (Å²) in [4.78, 5) is 59.3. The first-order valence-corrected chi connectivity index (χ1v) is 13.1. The molecule has 2 aliphatic heterocycles. The fourth-order valence-electron chi connectivity index (χ4n) is 3.43. The van der Waals surface area contributed by atoms with Gasteiger partial charge in [0.25, 0.3) is 11.8 Å². The quantitative estimate of drug-likeness (QED) is 0.0447. The molecule has 0 bridgehead atoms. The molecule has 39 heavy (non-hydrogen) atoms. The Labute approximate surface area is 224 Å². The third-order valence-corrected chi connectivity index (χ3v) is 7.06. The maximum atomic E-state index is 13.1. The Balaban J connectivity index is 1.83. The molecule has 0 spiro atoms. The van der Waals surface area contributed by atoms with Gasteiger partial charge in [0.05, 0.1) is 19.1 Å². The summed E-state index contributed by atoms with van der Waals surface area (Å²) in [5.74, 6) is -4.12. The Morgan fingerprint density at radius 3 is 2.62 bits per heavy atom. The van der Waals surface area contributed by atoms with Gasteiger partial charge in [-0.05, 0) is 13.8 Å². The molecule has 21 heteroatoms. The van der Waals surface area contributed by atoms with E-state index in [-0.39, 0.29) is 34.2 Å². The number of carboxylic acid groups (broad SMARTS) is 1. The Morgan fingerprint density at radius 2 is 2.08 bits per heavy atom. The average molecular weight is 592 g/mol. The van der Waals surface area contributed by atoms with Gasteiger partial charge in [-0.3, -0.25) is 19.6 Å². The summed E-state index contributed by atoms with van der Waals surface area (Å²) in [6, 6.07) is -3.03. The van der Waals surface area contributed by atoms with E-state index < -0.39 is 70.2 Å². The molecule has 1 aromatic rings. The number of carbonyl (C=O) groups excluding carboxylic acids is 3. The van der Waals surface area contributed by atoms with E-state index in [9.17, 15) is 37.3 Å². The van der Waals surface area contributed by atoms with Gasteiger partial charge in [-0.25, -0.2) is 18.9 Å². The van der Waals surface area contributed by atoms with E-state index in [0.29, 0.717) is 0 Å². The van der Waals surface area contributed by atoms with Crippen molar-refractivity contribution in [2.75, 3.05) is 25.4 Å². The van der Waals surface area contributed by atoms with Crippen LogP contribution in [0.3, 0.4) is 0 Å². The maximum absolute atomic E-state index is 13.1. The number of carbonyl (C=O) groups is 4. The van der Waals surface area contributed by atoms with Gasteiger partial charge in [-0.15, -0.1) is 11.3 Å². The first kappa shape index (κ1) is 29.3. The summed E-state index contributed by atoms with van der Waals surface area (Å²) in [5, 5.41) is 26.1. The van der Waals surface area contributed by atoms with Gasteiger partial charge in [0.1, 0.15) is 17.8 Å². The number of hydrogen-bond acceptors (Lipinski definition) is 13. The number of nitrogens with two attached hydrogens (primary N) is 2. The number of cyclic esters (lactones) is 1. The number of thiazole rings is 1. The number of ether oxygens (including phenoxy) is 1. The largest absolute Gasteiger partial charge is 0.478 e. The van der Waals surface area contributed by atoms with Crippen molar-refractivity contribution in [2.45, 2.75) is 37.6 Å². The van der Waals surface area contributed by atoms with Crippen molar-refractivity contribution in [1.82, 2.24) is 24.8 Å². The Hall–Kier alpha value is -4.24. The van der Waals surface area contributed by atoms with Crippen molar-refractivity contribution in [3.05, 3.63) is 11.1 Å². The van der Waals surface area contributed by atoms with E-state index in [0.717, 1.165) is 30.1 Å². The lowest BCUT2D eigenvalue weighted by atomic mass is 9.97. The molecule has 1 aromatic heterocycles. The molecule has 19 nitrogen and oxygen atoms in total. The fourth-order valence-corrected chi connectivity index (χ4v) is 4.85. The van der Waals surface area contributed by atoms with Crippen LogP contribution >= 0.6 is 11.3 Å². The van der Waals surface area contributed by atoms with Gasteiger partial charge in [0.15, 0.2) is 16.8 Å². The van der Waals surface area contributed by atoms with Gasteiger partial charge in [0.2, 0.25) is 5.60 Å². The lowest BCUT2D eigenvalue weighted by Gasteiger charge is -2.45. The predicted octanol–water partition coefficient (Wildman–Crippen LogP) is -2.89. The molecule has 2 saturated heterocycles. The van der Waals surface area contributed by atoms with Crippen LogP contribution < -0.4 is 22.1 Å². The number of aliphatic carboxylic acids is 1. The minimum atomic E-state index is -5.09. The number of carboxylic acids is 1. The van der Waals surface area contributed by atoms with Gasteiger partial charge in [0, 0.05) is 11.9 Å². The molecule has 0 saturated carbocycles. The van der Waals surface area contributed by atoms with E-state index >= 15 is 0 Å². The molecule has 3 heterocycles. The highest BCUT2D eigenvalue weighted by Crippen LogP contribution is 2.27. The summed E-state index contributed by atoms with van der Waals surface area (Å²) in [7, 11) is -5.09. The van der Waals surface area contributed by atoms with Crippen LogP contribution in [0.1, 0.15) is 19.5 Å². The maximum Gasteiger partial charge on any atom is 0.410 e. The first-order valence-electron chi connectivity index (χ1n) is 10.9. The fraction of sp³-hybridized carbons (Fsp3) is 0.500. The molecular weight excluding hydrogens is 566 g/mol. The molecule has 0 aromatic carbocycles. The van der Waals surface area contributed by atoms with Gasteiger partial charge >= 0.3 is 22.4 Å². The van der Waals surface area contributed by atoms with E-state index in [1.807, 2.05) is 0 Å². The summed E-state index contributed by atoms with van der Waals surface area (Å²) >= 11 is 0.923. The van der Waals surface area contributed by atoms with Gasteiger partial charge in [-0.2, -0.15) is 8.42 Å². The molecule has 2 fully saturated rings. The number of amides is 3. The van der Waals surface area contributed by atoms with Crippen molar-refractivity contribution in [3.63, 3.8) is 0 Å². The predicted molar refractivity (Wildman–Crippen MR) is 132 cm³/mol. The molecule has 9 N–H and O–H groups in total. The first-order chi connectivity index (χ1) is 18.0. The minimum Gasteiger partial charge on any atom is -0.478 e. The second-order valence-electron chi connectivity index (χ2n) is 8.75. The Kier molecular flexibility index (Phi) is 8.16. The number of nitrogens with zero attached hydrogens (tertiary/aromatic N) is 4. The van der Waals surface area contributed by atoms with Crippen LogP contribution in [0.5, 0.6) is 0 Å². The van der Waals surface area contributed by atoms with Crippen molar-refractivity contribution in [1.29, 1.82) is 5.41 Å². The summed E-state index contributed by atoms with van der Waals surface area (Å²) in [6.45, 7) is 1.73. The van der Waals surface area contributed by atoms with Gasteiger partial charge in [-0.1, -0.05) is 5.16 Å². The number of nitrogens with one attached hydrogen (secondary N) is 3. The zero-order valence-corrected chi connectivity index (χ0v) is 22.0. The number of anilines is 1.